The number of para-hydroxylation sites is 1. The molecule has 6 nitrogen and oxygen atoms in total. The first-order valence-corrected chi connectivity index (χ1v) is 7.90. The monoisotopic (exact) mass is 329 g/mol. The molecule has 4 rings (SSSR count). The number of nitrogens with zero attached hydrogens (tertiary/aromatic N) is 4. The molecule has 0 unspecified atom stereocenters. The van der Waals surface area contributed by atoms with Crippen molar-refractivity contribution in [3.63, 3.8) is 0 Å². The third-order valence-corrected chi connectivity index (χ3v) is 4.19. The molecule has 7 heteroatoms. The van der Waals surface area contributed by atoms with Gasteiger partial charge < -0.3 is 4.74 Å². The predicted octanol–water partition coefficient (Wildman–Crippen LogP) is 2.52. The van der Waals surface area contributed by atoms with Gasteiger partial charge in [0.2, 0.25) is 5.88 Å². The molecule has 3 heterocycles. The predicted molar refractivity (Wildman–Crippen MR) is 87.4 cm³/mol. The number of hydrogen-bond acceptors (Lipinski definition) is 5. The minimum Gasteiger partial charge on any atom is -0.476 e. The lowest BCUT2D eigenvalue weighted by molar-refractivity contribution is 0.0536. The Morgan fingerprint density at radius 2 is 2.13 bits per heavy atom. The molecule has 2 aromatic heterocycles. The van der Waals surface area contributed by atoms with Crippen LogP contribution in [0, 0.1) is 5.92 Å². The Balaban J connectivity index is 1.28. The number of fused-ring (bicyclic) bond motifs is 1. The number of aromatic nitrogens is 4. The van der Waals surface area contributed by atoms with Crippen molar-refractivity contribution in [3.05, 3.63) is 47.5 Å². The van der Waals surface area contributed by atoms with Crippen molar-refractivity contribution < 1.29 is 4.74 Å². The Kier molecular flexibility index (Phi) is 3.85. The number of H-pyrrole nitrogens is 1. The topological polar surface area (TPSA) is 66.9 Å². The smallest absolute Gasteiger partial charge is 0.233 e. The molecule has 0 aliphatic carbocycles. The highest BCUT2D eigenvalue weighted by Crippen LogP contribution is 2.22. The maximum Gasteiger partial charge on any atom is 0.233 e. The first-order valence-electron chi connectivity index (χ1n) is 7.52. The summed E-state index contributed by atoms with van der Waals surface area (Å²) in [5, 5.41) is 9.01. The summed E-state index contributed by atoms with van der Waals surface area (Å²) in [5.41, 5.74) is 2.18. The fraction of sp³-hybridized carbons (Fsp3) is 0.312. The van der Waals surface area contributed by atoms with Crippen LogP contribution in [0.15, 0.2) is 36.7 Å². The van der Waals surface area contributed by atoms with Crippen molar-refractivity contribution in [1.29, 1.82) is 0 Å². The SMILES string of the molecule is Clc1cncc(OCC2CN(Cc3[nH]nc4ccccc34)C2)n1. The molecule has 0 saturated carbocycles. The van der Waals surface area contributed by atoms with Crippen LogP contribution in [0.4, 0.5) is 0 Å². The van der Waals surface area contributed by atoms with Crippen LogP contribution in [0.25, 0.3) is 10.9 Å². The van der Waals surface area contributed by atoms with Gasteiger partial charge >= 0.3 is 0 Å². The van der Waals surface area contributed by atoms with Gasteiger partial charge in [-0.1, -0.05) is 29.8 Å². The van der Waals surface area contributed by atoms with Gasteiger partial charge in [0, 0.05) is 30.9 Å². The number of rotatable bonds is 5. The molecule has 1 N–H and O–H groups in total. The van der Waals surface area contributed by atoms with Crippen molar-refractivity contribution in [1.82, 2.24) is 25.1 Å². The lowest BCUT2D eigenvalue weighted by Gasteiger charge is -2.38. The second-order valence-electron chi connectivity index (χ2n) is 5.77. The van der Waals surface area contributed by atoms with Gasteiger partial charge in [-0.15, -0.1) is 0 Å². The highest BCUT2D eigenvalue weighted by atomic mass is 35.5. The summed E-state index contributed by atoms with van der Waals surface area (Å²) in [5.74, 6) is 0.987. The Morgan fingerprint density at radius 3 is 3.00 bits per heavy atom. The molecule has 0 spiro atoms. The molecule has 0 amide bonds. The zero-order chi connectivity index (χ0) is 15.6. The molecule has 0 atom stereocenters. The molecule has 1 aliphatic rings. The molecule has 1 aliphatic heterocycles. The quantitative estimate of drug-likeness (QED) is 0.779. The minimum absolute atomic E-state index is 0.351. The van der Waals surface area contributed by atoms with E-state index in [0.29, 0.717) is 23.6 Å². The van der Waals surface area contributed by atoms with Crippen molar-refractivity contribution in [2.45, 2.75) is 6.54 Å². The van der Waals surface area contributed by atoms with E-state index in [9.17, 15) is 0 Å². The van der Waals surface area contributed by atoms with Crippen LogP contribution in [0.1, 0.15) is 5.69 Å². The number of hydrogen-bond donors (Lipinski definition) is 1. The van der Waals surface area contributed by atoms with Gasteiger partial charge in [0.05, 0.1) is 30.2 Å². The fourth-order valence-electron chi connectivity index (χ4n) is 2.87. The molecule has 1 fully saturated rings. The lowest BCUT2D eigenvalue weighted by Crippen LogP contribution is -2.48. The zero-order valence-corrected chi connectivity index (χ0v) is 13.2. The molecule has 0 radical (unpaired) electrons. The number of aromatic amines is 1. The minimum atomic E-state index is 0.351. The van der Waals surface area contributed by atoms with Crippen LogP contribution in [-0.2, 0) is 6.54 Å². The molecule has 118 valence electrons. The standard InChI is InChI=1S/C16H16ClN5O/c17-15-5-18-6-16(19-15)23-10-11-7-22(8-11)9-14-12-3-1-2-4-13(12)20-21-14/h1-6,11H,7-10H2,(H,20,21). The number of nitrogens with one attached hydrogen (secondary N) is 1. The van der Waals surface area contributed by atoms with Crippen LogP contribution >= 0.6 is 11.6 Å². The van der Waals surface area contributed by atoms with Crippen LogP contribution in [0.2, 0.25) is 5.15 Å². The van der Waals surface area contributed by atoms with Crippen molar-refractivity contribution in [3.8, 4) is 5.88 Å². The Labute approximate surface area is 138 Å². The van der Waals surface area contributed by atoms with Gasteiger partial charge in [-0.2, -0.15) is 10.1 Å². The molecule has 1 aromatic carbocycles. The molecule has 1 saturated heterocycles. The largest absolute Gasteiger partial charge is 0.476 e. The number of halogens is 1. The maximum absolute atomic E-state index is 5.79. The first kappa shape index (κ1) is 14.4. The summed E-state index contributed by atoms with van der Waals surface area (Å²) < 4.78 is 5.64. The number of likely N-dealkylation sites (tertiary alicyclic amines) is 1. The van der Waals surface area contributed by atoms with E-state index in [1.54, 1.807) is 6.20 Å². The van der Waals surface area contributed by atoms with Crippen molar-refractivity contribution >= 4 is 22.5 Å². The van der Waals surface area contributed by atoms with Crippen molar-refractivity contribution in [2.75, 3.05) is 19.7 Å². The Hall–Kier alpha value is -2.18. The van der Waals surface area contributed by atoms with E-state index < -0.39 is 0 Å². The summed E-state index contributed by atoms with van der Waals surface area (Å²) in [4.78, 5) is 10.4. The molecule has 23 heavy (non-hydrogen) atoms. The molecular weight excluding hydrogens is 314 g/mol. The third kappa shape index (κ3) is 3.13. The van der Waals surface area contributed by atoms with Crippen LogP contribution < -0.4 is 4.74 Å². The summed E-state index contributed by atoms with van der Waals surface area (Å²) in [6, 6.07) is 8.17. The maximum atomic E-state index is 5.79. The highest BCUT2D eigenvalue weighted by Gasteiger charge is 2.28. The van der Waals surface area contributed by atoms with Gasteiger partial charge in [0.15, 0.2) is 5.15 Å². The van der Waals surface area contributed by atoms with Crippen molar-refractivity contribution in [2.24, 2.45) is 5.92 Å². The van der Waals surface area contributed by atoms with Gasteiger partial charge in [-0.05, 0) is 6.07 Å². The second kappa shape index (κ2) is 6.14. The first-order chi connectivity index (χ1) is 11.3. The average Bonchev–Trinajstić information content (AvgIpc) is 2.93. The lowest BCUT2D eigenvalue weighted by atomic mass is 10.0. The zero-order valence-electron chi connectivity index (χ0n) is 12.4. The van der Waals surface area contributed by atoms with Gasteiger partial charge in [-0.3, -0.25) is 15.0 Å². The molecular formula is C16H16ClN5O. The second-order valence-corrected chi connectivity index (χ2v) is 6.16. The Morgan fingerprint density at radius 1 is 1.26 bits per heavy atom. The fourth-order valence-corrected chi connectivity index (χ4v) is 3.01. The molecule has 3 aromatic rings. The highest BCUT2D eigenvalue weighted by molar-refractivity contribution is 6.29. The van der Waals surface area contributed by atoms with E-state index in [2.05, 4.69) is 31.1 Å². The Bertz CT molecular complexity index is 815. The third-order valence-electron chi connectivity index (χ3n) is 4.00. The van der Waals surface area contributed by atoms with Gasteiger partial charge in [0.25, 0.3) is 0 Å². The van der Waals surface area contributed by atoms with Crippen LogP contribution in [0.3, 0.4) is 0 Å². The average molecular weight is 330 g/mol. The van der Waals surface area contributed by atoms with E-state index in [1.807, 2.05) is 18.2 Å². The van der Waals surface area contributed by atoms with E-state index in [4.69, 9.17) is 16.3 Å². The van der Waals surface area contributed by atoms with E-state index in [1.165, 1.54) is 17.3 Å². The summed E-state index contributed by atoms with van der Waals surface area (Å²) in [7, 11) is 0. The van der Waals surface area contributed by atoms with Crippen LogP contribution in [-0.4, -0.2) is 44.8 Å². The van der Waals surface area contributed by atoms with E-state index >= 15 is 0 Å². The van der Waals surface area contributed by atoms with Gasteiger partial charge in [0.1, 0.15) is 0 Å². The summed E-state index contributed by atoms with van der Waals surface area (Å²) >= 11 is 5.79. The number of ether oxygens (including phenoxy) is 1. The van der Waals surface area contributed by atoms with E-state index in [0.717, 1.165) is 25.2 Å². The normalized spacial score (nSPS) is 15.7. The summed E-state index contributed by atoms with van der Waals surface area (Å²) in [6.07, 6.45) is 3.08. The van der Waals surface area contributed by atoms with E-state index in [-0.39, 0.29) is 0 Å². The van der Waals surface area contributed by atoms with Gasteiger partial charge in [-0.25, -0.2) is 0 Å². The van der Waals surface area contributed by atoms with Crippen LogP contribution in [0.5, 0.6) is 5.88 Å². The number of benzene rings is 1. The molecule has 0 bridgehead atoms. The summed E-state index contributed by atoms with van der Waals surface area (Å²) in [6.45, 7) is 3.52.